The maximum absolute atomic E-state index is 14.2. The van der Waals surface area contributed by atoms with Gasteiger partial charge in [0.25, 0.3) is 0 Å². The largest absolute Gasteiger partial charge is 0.416 e. The second-order valence-electron chi connectivity index (χ2n) is 10.9. The van der Waals surface area contributed by atoms with Crippen LogP contribution in [-0.4, -0.2) is 50.0 Å². The Balaban J connectivity index is 1.78. The second kappa shape index (κ2) is 14.6. The molecule has 0 bridgehead atoms. The number of hydrogen-bond acceptors (Lipinski definition) is 4. The molecule has 0 heterocycles. The highest BCUT2D eigenvalue weighted by Gasteiger charge is 2.36. The standard InChI is InChI=1S/C31H31Cl3F3N3O4S/c1-45(43,44)40(27-17-22(31(35,36)37)12-14-25(27)33)19-29(41)39(18-21-11-13-24(32)26(34)15-21)28(16-20-7-3-2-4-8-20)30(42)38-23-9-5-6-10-23/h2-4,7-8,11-15,17,23,28H,5-6,9-10,16,18-19H2,1H3,(H,38,42)/t28-/m1/s1. The molecule has 2 amide bonds. The number of halogens is 6. The summed E-state index contributed by atoms with van der Waals surface area (Å²) in [6, 6.07) is 14.6. The predicted molar refractivity (Wildman–Crippen MR) is 170 cm³/mol. The van der Waals surface area contributed by atoms with E-state index in [1.807, 2.05) is 0 Å². The first-order chi connectivity index (χ1) is 21.1. The molecule has 0 aliphatic heterocycles. The lowest BCUT2D eigenvalue weighted by Gasteiger charge is -2.34. The number of amides is 2. The van der Waals surface area contributed by atoms with Gasteiger partial charge in [-0.3, -0.25) is 13.9 Å². The van der Waals surface area contributed by atoms with Crippen molar-refractivity contribution in [1.29, 1.82) is 0 Å². The van der Waals surface area contributed by atoms with Crippen molar-refractivity contribution in [2.45, 2.75) is 56.9 Å². The molecule has 242 valence electrons. The summed E-state index contributed by atoms with van der Waals surface area (Å²) >= 11 is 18.5. The molecule has 0 aromatic heterocycles. The van der Waals surface area contributed by atoms with E-state index in [0.29, 0.717) is 22.0 Å². The van der Waals surface area contributed by atoms with E-state index >= 15 is 0 Å². The third-order valence-corrected chi connectivity index (χ3v) is 9.72. The summed E-state index contributed by atoms with van der Waals surface area (Å²) in [4.78, 5) is 29.3. The van der Waals surface area contributed by atoms with E-state index in [1.54, 1.807) is 36.4 Å². The van der Waals surface area contributed by atoms with Gasteiger partial charge in [-0.15, -0.1) is 0 Å². The zero-order valence-electron chi connectivity index (χ0n) is 24.2. The summed E-state index contributed by atoms with van der Waals surface area (Å²) in [5, 5.41) is 3.19. The van der Waals surface area contributed by atoms with Gasteiger partial charge in [-0.05, 0) is 54.3 Å². The van der Waals surface area contributed by atoms with E-state index in [0.717, 1.165) is 43.6 Å². The van der Waals surface area contributed by atoms with Crippen molar-refractivity contribution in [3.05, 3.63) is 98.5 Å². The summed E-state index contributed by atoms with van der Waals surface area (Å²) in [5.74, 6) is -1.29. The van der Waals surface area contributed by atoms with Crippen molar-refractivity contribution in [1.82, 2.24) is 10.2 Å². The molecule has 1 aliphatic carbocycles. The summed E-state index contributed by atoms with van der Waals surface area (Å²) in [6.07, 6.45) is -0.515. The van der Waals surface area contributed by atoms with E-state index in [9.17, 15) is 31.2 Å². The Morgan fingerprint density at radius 1 is 0.911 bits per heavy atom. The quantitative estimate of drug-likeness (QED) is 0.230. The van der Waals surface area contributed by atoms with Crippen LogP contribution in [0, 0.1) is 0 Å². The lowest BCUT2D eigenvalue weighted by atomic mass is 10.0. The number of nitrogens with zero attached hydrogens (tertiary/aromatic N) is 2. The molecule has 1 saturated carbocycles. The Labute approximate surface area is 275 Å². The maximum Gasteiger partial charge on any atom is 0.416 e. The lowest BCUT2D eigenvalue weighted by molar-refractivity contribution is -0.140. The number of alkyl halides is 3. The molecule has 0 unspecified atom stereocenters. The second-order valence-corrected chi connectivity index (χ2v) is 14.0. The topological polar surface area (TPSA) is 86.8 Å². The van der Waals surface area contributed by atoms with Crippen LogP contribution in [0.1, 0.15) is 42.4 Å². The van der Waals surface area contributed by atoms with Crippen molar-refractivity contribution in [2.24, 2.45) is 0 Å². The summed E-state index contributed by atoms with van der Waals surface area (Å²) in [6.45, 7) is -1.11. The minimum Gasteiger partial charge on any atom is -0.352 e. The number of carbonyl (C=O) groups is 2. The lowest BCUT2D eigenvalue weighted by Crippen LogP contribution is -2.54. The van der Waals surface area contributed by atoms with Gasteiger partial charge < -0.3 is 10.2 Å². The number of hydrogen-bond donors (Lipinski definition) is 1. The molecule has 3 aromatic rings. The molecule has 1 atom stereocenters. The highest BCUT2D eigenvalue weighted by atomic mass is 35.5. The van der Waals surface area contributed by atoms with Gasteiger partial charge in [0.15, 0.2) is 0 Å². The van der Waals surface area contributed by atoms with Crippen molar-refractivity contribution in [3.63, 3.8) is 0 Å². The molecule has 45 heavy (non-hydrogen) atoms. The molecular weight excluding hydrogens is 674 g/mol. The van der Waals surface area contributed by atoms with Gasteiger partial charge >= 0.3 is 6.18 Å². The van der Waals surface area contributed by atoms with Gasteiger partial charge in [-0.2, -0.15) is 13.2 Å². The van der Waals surface area contributed by atoms with Gasteiger partial charge in [0.2, 0.25) is 21.8 Å². The van der Waals surface area contributed by atoms with Crippen molar-refractivity contribution >= 4 is 62.3 Å². The van der Waals surface area contributed by atoms with E-state index in [-0.39, 0.29) is 34.1 Å². The monoisotopic (exact) mass is 703 g/mol. The number of rotatable bonds is 11. The third kappa shape index (κ3) is 9.28. The molecule has 1 fully saturated rings. The SMILES string of the molecule is CS(=O)(=O)N(CC(=O)N(Cc1ccc(Cl)c(Cl)c1)[C@H](Cc1ccccc1)C(=O)NC1CCCC1)c1cc(C(F)(F)F)ccc1Cl. The highest BCUT2D eigenvalue weighted by Crippen LogP contribution is 2.36. The molecule has 3 aromatic carbocycles. The van der Waals surface area contributed by atoms with Gasteiger partial charge in [0.1, 0.15) is 12.6 Å². The van der Waals surface area contributed by atoms with Crippen LogP contribution in [0.2, 0.25) is 15.1 Å². The van der Waals surface area contributed by atoms with Crippen LogP contribution in [0.3, 0.4) is 0 Å². The summed E-state index contributed by atoms with van der Waals surface area (Å²) in [7, 11) is -4.35. The van der Waals surface area contributed by atoms with Gasteiger partial charge in [-0.1, -0.05) is 84.0 Å². The van der Waals surface area contributed by atoms with E-state index in [4.69, 9.17) is 34.8 Å². The molecule has 1 N–H and O–H groups in total. The number of nitrogens with one attached hydrogen (secondary N) is 1. The van der Waals surface area contributed by atoms with Crippen LogP contribution < -0.4 is 9.62 Å². The minimum absolute atomic E-state index is 0.0790. The van der Waals surface area contributed by atoms with Gasteiger partial charge in [0, 0.05) is 19.0 Å². The molecular formula is C31H31Cl3F3N3O4S. The van der Waals surface area contributed by atoms with E-state index in [1.165, 1.54) is 17.0 Å². The average molecular weight is 705 g/mol. The molecule has 0 radical (unpaired) electrons. The van der Waals surface area contributed by atoms with E-state index < -0.39 is 51.9 Å². The fourth-order valence-electron chi connectivity index (χ4n) is 5.23. The van der Waals surface area contributed by atoms with Crippen LogP contribution in [0.4, 0.5) is 18.9 Å². The fraction of sp³-hybridized carbons (Fsp3) is 0.355. The van der Waals surface area contributed by atoms with Gasteiger partial charge in [0.05, 0.1) is 32.6 Å². The Hall–Kier alpha value is -2.99. The zero-order valence-corrected chi connectivity index (χ0v) is 27.2. The number of benzene rings is 3. The van der Waals surface area contributed by atoms with E-state index in [2.05, 4.69) is 5.32 Å². The molecule has 4 rings (SSSR count). The van der Waals surface area contributed by atoms with Crippen LogP contribution in [0.15, 0.2) is 66.7 Å². The van der Waals surface area contributed by atoms with Crippen molar-refractivity contribution < 1.29 is 31.2 Å². The molecule has 14 heteroatoms. The zero-order chi connectivity index (χ0) is 32.9. The van der Waals surface area contributed by atoms with Crippen molar-refractivity contribution in [3.8, 4) is 0 Å². The van der Waals surface area contributed by atoms with Crippen LogP contribution >= 0.6 is 34.8 Å². The number of anilines is 1. The third-order valence-electron chi connectivity index (χ3n) is 7.53. The number of sulfonamides is 1. The minimum atomic E-state index is -4.80. The number of carbonyl (C=O) groups excluding carboxylic acids is 2. The van der Waals surface area contributed by atoms with Crippen molar-refractivity contribution in [2.75, 3.05) is 17.1 Å². The first kappa shape index (κ1) is 34.9. The predicted octanol–water partition coefficient (Wildman–Crippen LogP) is 7.13. The molecule has 1 aliphatic rings. The molecule has 7 nitrogen and oxygen atoms in total. The summed E-state index contributed by atoms with van der Waals surface area (Å²) < 4.78 is 67.2. The highest BCUT2D eigenvalue weighted by molar-refractivity contribution is 7.92. The normalized spacial score (nSPS) is 14.6. The van der Waals surface area contributed by atoms with Crippen LogP contribution in [-0.2, 0) is 38.8 Å². The maximum atomic E-state index is 14.2. The fourth-order valence-corrected chi connectivity index (χ4v) is 6.67. The molecule has 0 saturated heterocycles. The Morgan fingerprint density at radius 2 is 1.56 bits per heavy atom. The Morgan fingerprint density at radius 3 is 2.16 bits per heavy atom. The Bertz CT molecular complexity index is 1640. The smallest absolute Gasteiger partial charge is 0.352 e. The summed E-state index contributed by atoms with van der Waals surface area (Å²) in [5.41, 5.74) is -0.440. The molecule has 0 spiro atoms. The van der Waals surface area contributed by atoms with Crippen LogP contribution in [0.25, 0.3) is 0 Å². The first-order valence-corrected chi connectivity index (χ1v) is 17.0. The van der Waals surface area contributed by atoms with Crippen LogP contribution in [0.5, 0.6) is 0 Å². The average Bonchev–Trinajstić information content (AvgIpc) is 3.48. The first-order valence-electron chi connectivity index (χ1n) is 14.1. The van der Waals surface area contributed by atoms with Gasteiger partial charge in [-0.25, -0.2) is 8.42 Å². The Kier molecular flexibility index (Phi) is 11.3.